The van der Waals surface area contributed by atoms with Crippen LogP contribution in [-0.4, -0.2) is 22.6 Å². The lowest BCUT2D eigenvalue weighted by molar-refractivity contribution is -0.134. The second-order valence-corrected chi connectivity index (χ2v) is 3.18. The van der Waals surface area contributed by atoms with Crippen molar-refractivity contribution < 1.29 is 19.3 Å². The molecule has 14 heavy (non-hydrogen) atoms. The highest BCUT2D eigenvalue weighted by Crippen LogP contribution is 2.21. The van der Waals surface area contributed by atoms with E-state index in [1.54, 1.807) is 6.07 Å². The van der Waals surface area contributed by atoms with Crippen LogP contribution in [0.15, 0.2) is 24.3 Å². The second kappa shape index (κ2) is 4.39. The van der Waals surface area contributed by atoms with Gasteiger partial charge >= 0.3 is 0 Å². The van der Waals surface area contributed by atoms with Crippen LogP contribution in [0.25, 0.3) is 0 Å². The molecule has 0 heterocycles. The Labute approximate surface area is 81.8 Å². The van der Waals surface area contributed by atoms with Crippen LogP contribution in [0.2, 0.25) is 0 Å². The van der Waals surface area contributed by atoms with Gasteiger partial charge in [0.1, 0.15) is 0 Å². The normalized spacial score (nSPS) is 14.9. The first kappa shape index (κ1) is 10.9. The third-order valence-corrected chi connectivity index (χ3v) is 1.74. The number of aliphatic hydroxyl groups excluding tert-OH is 1. The Hall–Kier alpha value is -1.13. The first-order valence-corrected chi connectivity index (χ1v) is 4.32. The van der Waals surface area contributed by atoms with E-state index in [-0.39, 0.29) is 18.8 Å². The summed E-state index contributed by atoms with van der Waals surface area (Å²) in [5.41, 5.74) is 0. The predicted octanol–water partition coefficient (Wildman–Crippen LogP) is 1.30. The summed E-state index contributed by atoms with van der Waals surface area (Å²) < 4.78 is 18.1. The van der Waals surface area contributed by atoms with Crippen LogP contribution >= 0.6 is 0 Å². The third kappa shape index (κ3) is 2.97. The molecule has 3 nitrogen and oxygen atoms in total. The molecule has 0 amide bonds. The van der Waals surface area contributed by atoms with Gasteiger partial charge in [0.05, 0.1) is 0 Å². The molecule has 0 radical (unpaired) electrons. The quantitative estimate of drug-likeness (QED) is 0.720. The Morgan fingerprint density at radius 1 is 1.43 bits per heavy atom. The molecule has 4 heteroatoms. The van der Waals surface area contributed by atoms with E-state index in [1.807, 2.05) is 0 Å². The number of hydrogen-bond donors (Lipinski definition) is 2. The highest BCUT2D eigenvalue weighted by molar-refractivity contribution is 5.24. The van der Waals surface area contributed by atoms with Crippen molar-refractivity contribution in [1.29, 1.82) is 0 Å². The van der Waals surface area contributed by atoms with Gasteiger partial charge < -0.3 is 14.9 Å². The predicted molar refractivity (Wildman–Crippen MR) is 49.4 cm³/mol. The van der Waals surface area contributed by atoms with Crippen molar-refractivity contribution in [3.8, 4) is 5.75 Å². The van der Waals surface area contributed by atoms with Crippen molar-refractivity contribution in [3.63, 3.8) is 0 Å². The summed E-state index contributed by atoms with van der Waals surface area (Å²) in [6.45, 7) is 1.15. The zero-order valence-electron chi connectivity index (χ0n) is 7.90. The van der Waals surface area contributed by atoms with E-state index in [0.29, 0.717) is 0 Å². The molecule has 0 fully saturated rings. The first-order valence-electron chi connectivity index (χ1n) is 4.32. The molecule has 0 aliphatic carbocycles. The van der Waals surface area contributed by atoms with Crippen molar-refractivity contribution in [2.45, 2.75) is 19.1 Å². The molecule has 2 N–H and O–H groups in total. The second-order valence-electron chi connectivity index (χ2n) is 3.18. The van der Waals surface area contributed by atoms with E-state index in [4.69, 9.17) is 9.84 Å². The maximum atomic E-state index is 13.1. The molecule has 1 aromatic carbocycles. The summed E-state index contributed by atoms with van der Waals surface area (Å²) in [6.07, 6.45) is 0.0291. The smallest absolute Gasteiger partial charge is 0.207 e. The Bertz CT molecular complexity index is 299. The van der Waals surface area contributed by atoms with Gasteiger partial charge in [-0.25, -0.2) is 4.39 Å². The first-order chi connectivity index (χ1) is 6.55. The number of aliphatic hydroxyl groups is 2. The van der Waals surface area contributed by atoms with Crippen molar-refractivity contribution in [2.75, 3.05) is 6.61 Å². The van der Waals surface area contributed by atoms with E-state index in [9.17, 15) is 9.50 Å². The Kier molecular flexibility index (Phi) is 3.43. The highest BCUT2D eigenvalue weighted by atomic mass is 19.1. The minimum Gasteiger partial charge on any atom is -0.460 e. The number of rotatable bonds is 4. The fraction of sp³-hybridized carbons (Fsp3) is 0.400. The van der Waals surface area contributed by atoms with Gasteiger partial charge in [0, 0.05) is 20.0 Å². The van der Waals surface area contributed by atoms with Gasteiger partial charge in [0.2, 0.25) is 5.79 Å². The van der Waals surface area contributed by atoms with Crippen molar-refractivity contribution in [1.82, 2.24) is 0 Å². The summed E-state index contributed by atoms with van der Waals surface area (Å²) >= 11 is 0. The fourth-order valence-electron chi connectivity index (χ4n) is 1.02. The minimum atomic E-state index is -1.54. The SMILES string of the molecule is CC(O)(CCO)Oc1ccccc1F. The third-order valence-electron chi connectivity index (χ3n) is 1.74. The lowest BCUT2D eigenvalue weighted by Crippen LogP contribution is -2.33. The molecule has 0 saturated carbocycles. The molecule has 1 rings (SSSR count). The molecule has 1 aromatic rings. The molecule has 1 unspecified atom stereocenters. The molecular formula is C10H13FO3. The number of ether oxygens (including phenoxy) is 1. The van der Waals surface area contributed by atoms with Gasteiger partial charge in [-0.3, -0.25) is 0 Å². The van der Waals surface area contributed by atoms with Crippen molar-refractivity contribution >= 4 is 0 Å². The Morgan fingerprint density at radius 3 is 2.64 bits per heavy atom. The lowest BCUT2D eigenvalue weighted by atomic mass is 10.2. The number of benzene rings is 1. The van der Waals surface area contributed by atoms with E-state index < -0.39 is 11.6 Å². The maximum Gasteiger partial charge on any atom is 0.207 e. The Balaban J connectivity index is 2.73. The standard InChI is InChI=1S/C10H13FO3/c1-10(13,6-7-12)14-9-5-3-2-4-8(9)11/h2-5,12-13H,6-7H2,1H3. The fourth-order valence-corrected chi connectivity index (χ4v) is 1.02. The van der Waals surface area contributed by atoms with Gasteiger partial charge in [-0.05, 0) is 12.1 Å². The monoisotopic (exact) mass is 200 g/mol. The van der Waals surface area contributed by atoms with Crippen LogP contribution in [-0.2, 0) is 0 Å². The van der Waals surface area contributed by atoms with E-state index >= 15 is 0 Å². The van der Waals surface area contributed by atoms with E-state index in [0.717, 1.165) is 0 Å². The van der Waals surface area contributed by atoms with Crippen LogP contribution in [0.5, 0.6) is 5.75 Å². The average molecular weight is 200 g/mol. The van der Waals surface area contributed by atoms with Crippen LogP contribution in [0, 0.1) is 5.82 Å². The number of para-hydroxylation sites is 1. The average Bonchev–Trinajstić information content (AvgIpc) is 2.08. The molecule has 0 aliphatic rings. The molecule has 78 valence electrons. The summed E-state index contributed by atoms with van der Waals surface area (Å²) in [4.78, 5) is 0. The molecule has 0 saturated heterocycles. The van der Waals surface area contributed by atoms with E-state index in [1.165, 1.54) is 25.1 Å². The van der Waals surface area contributed by atoms with Gasteiger partial charge in [-0.15, -0.1) is 0 Å². The summed E-state index contributed by atoms with van der Waals surface area (Å²) in [6, 6.07) is 5.79. The number of halogens is 1. The topological polar surface area (TPSA) is 49.7 Å². The molecule has 0 aromatic heterocycles. The number of hydrogen-bond acceptors (Lipinski definition) is 3. The van der Waals surface area contributed by atoms with Crippen LogP contribution in [0.3, 0.4) is 0 Å². The molecule has 0 aliphatic heterocycles. The van der Waals surface area contributed by atoms with Gasteiger partial charge in [-0.1, -0.05) is 12.1 Å². The summed E-state index contributed by atoms with van der Waals surface area (Å²) in [7, 11) is 0. The van der Waals surface area contributed by atoms with Gasteiger partial charge in [-0.2, -0.15) is 0 Å². The minimum absolute atomic E-state index is 0.0223. The summed E-state index contributed by atoms with van der Waals surface area (Å²) in [5.74, 6) is -2.10. The van der Waals surface area contributed by atoms with E-state index in [2.05, 4.69) is 0 Å². The van der Waals surface area contributed by atoms with Crippen molar-refractivity contribution in [3.05, 3.63) is 30.1 Å². The molecular weight excluding hydrogens is 187 g/mol. The maximum absolute atomic E-state index is 13.1. The highest BCUT2D eigenvalue weighted by Gasteiger charge is 2.22. The lowest BCUT2D eigenvalue weighted by Gasteiger charge is -2.23. The molecule has 0 bridgehead atoms. The van der Waals surface area contributed by atoms with Crippen LogP contribution in [0.1, 0.15) is 13.3 Å². The zero-order chi connectivity index (χ0) is 10.6. The van der Waals surface area contributed by atoms with Crippen molar-refractivity contribution in [2.24, 2.45) is 0 Å². The van der Waals surface area contributed by atoms with Gasteiger partial charge in [0.25, 0.3) is 0 Å². The molecule has 1 atom stereocenters. The molecule has 0 spiro atoms. The summed E-state index contributed by atoms with van der Waals surface area (Å²) in [5, 5.41) is 18.2. The van der Waals surface area contributed by atoms with Gasteiger partial charge in [0.15, 0.2) is 11.6 Å². The zero-order valence-corrected chi connectivity index (χ0v) is 7.90. The largest absolute Gasteiger partial charge is 0.460 e. The van der Waals surface area contributed by atoms with Crippen LogP contribution in [0.4, 0.5) is 4.39 Å². The van der Waals surface area contributed by atoms with Crippen LogP contribution < -0.4 is 4.74 Å². The Morgan fingerprint density at radius 2 is 2.07 bits per heavy atom.